The molecule has 1 aliphatic rings. The molecule has 1 unspecified atom stereocenters. The molecule has 0 bridgehead atoms. The van der Waals surface area contributed by atoms with E-state index in [0.717, 1.165) is 11.1 Å². The van der Waals surface area contributed by atoms with Crippen LogP contribution < -0.4 is 0 Å². The number of rotatable bonds is 0. The minimum absolute atomic E-state index is 0.245. The first-order valence-corrected chi connectivity index (χ1v) is 3.97. The Hall–Kier alpha value is -2.06. The predicted molar refractivity (Wildman–Crippen MR) is 48.4 cm³/mol. The first-order valence-electron chi connectivity index (χ1n) is 3.97. The smallest absolute Gasteiger partial charge is 0.0995 e. The second kappa shape index (κ2) is 2.77. The molecule has 0 heterocycles. The van der Waals surface area contributed by atoms with E-state index in [1.807, 2.05) is 24.3 Å². The standard InChI is InChI=1S/C11H6N2/c12-6-8-5-9(7-13)11-4-2-1-3-10(8)11/h1-5,8H. The average Bonchev–Trinajstić information content (AvgIpc) is 2.56. The lowest BCUT2D eigenvalue weighted by molar-refractivity contribution is 1.12. The Morgan fingerprint density at radius 2 is 1.92 bits per heavy atom. The zero-order valence-corrected chi connectivity index (χ0v) is 6.86. The minimum Gasteiger partial charge on any atom is -0.197 e. The van der Waals surface area contributed by atoms with E-state index in [1.165, 1.54) is 0 Å². The predicted octanol–water partition coefficient (Wildman–Crippen LogP) is 2.21. The molecule has 13 heavy (non-hydrogen) atoms. The van der Waals surface area contributed by atoms with Crippen LogP contribution in [0.5, 0.6) is 0 Å². The molecule has 0 saturated heterocycles. The van der Waals surface area contributed by atoms with Crippen LogP contribution in [-0.2, 0) is 0 Å². The van der Waals surface area contributed by atoms with E-state index < -0.39 is 0 Å². The van der Waals surface area contributed by atoms with Gasteiger partial charge in [0, 0.05) is 0 Å². The molecule has 2 rings (SSSR count). The van der Waals surface area contributed by atoms with Gasteiger partial charge < -0.3 is 0 Å². The van der Waals surface area contributed by atoms with Crippen LogP contribution in [0.4, 0.5) is 0 Å². The molecule has 0 aliphatic heterocycles. The molecular formula is C11H6N2. The van der Waals surface area contributed by atoms with E-state index in [1.54, 1.807) is 6.08 Å². The highest BCUT2D eigenvalue weighted by molar-refractivity contribution is 5.84. The van der Waals surface area contributed by atoms with Crippen LogP contribution in [0.15, 0.2) is 30.3 Å². The maximum absolute atomic E-state index is 8.82. The molecule has 1 aromatic carbocycles. The van der Waals surface area contributed by atoms with Gasteiger partial charge in [-0.2, -0.15) is 10.5 Å². The molecule has 1 aliphatic carbocycles. The molecule has 1 aromatic rings. The Balaban J connectivity index is 2.63. The average molecular weight is 166 g/mol. The number of hydrogen-bond donors (Lipinski definition) is 0. The maximum atomic E-state index is 8.82. The van der Waals surface area contributed by atoms with Gasteiger partial charge >= 0.3 is 0 Å². The van der Waals surface area contributed by atoms with Crippen LogP contribution in [0.3, 0.4) is 0 Å². The van der Waals surface area contributed by atoms with E-state index in [2.05, 4.69) is 12.1 Å². The summed E-state index contributed by atoms with van der Waals surface area (Å²) in [5, 5.41) is 17.6. The van der Waals surface area contributed by atoms with E-state index in [0.29, 0.717) is 5.57 Å². The van der Waals surface area contributed by atoms with E-state index in [9.17, 15) is 0 Å². The van der Waals surface area contributed by atoms with Crippen LogP contribution in [-0.4, -0.2) is 0 Å². The Bertz CT molecular complexity index is 458. The molecule has 0 aromatic heterocycles. The third-order valence-corrected chi connectivity index (χ3v) is 2.18. The van der Waals surface area contributed by atoms with Crippen LogP contribution in [0, 0.1) is 22.7 Å². The SMILES string of the molecule is N#CC1=CC(C#N)c2ccccc21. The van der Waals surface area contributed by atoms with Crippen molar-refractivity contribution in [2.45, 2.75) is 5.92 Å². The third kappa shape index (κ3) is 1.01. The molecule has 0 saturated carbocycles. The van der Waals surface area contributed by atoms with Crippen molar-refractivity contribution < 1.29 is 0 Å². The lowest BCUT2D eigenvalue weighted by Gasteiger charge is -2.00. The second-order valence-electron chi connectivity index (χ2n) is 2.89. The molecule has 1 atom stereocenters. The van der Waals surface area contributed by atoms with Gasteiger partial charge in [0.1, 0.15) is 0 Å². The molecule has 0 fully saturated rings. The van der Waals surface area contributed by atoms with Crippen molar-refractivity contribution in [3.63, 3.8) is 0 Å². The van der Waals surface area contributed by atoms with Crippen molar-refractivity contribution in [3.8, 4) is 12.1 Å². The topological polar surface area (TPSA) is 47.6 Å². The van der Waals surface area contributed by atoms with Crippen molar-refractivity contribution >= 4 is 5.57 Å². The number of nitriles is 2. The fraction of sp³-hybridized carbons (Fsp3) is 0.0909. The zero-order valence-electron chi connectivity index (χ0n) is 6.86. The van der Waals surface area contributed by atoms with Crippen LogP contribution in [0.25, 0.3) is 5.57 Å². The van der Waals surface area contributed by atoms with Crippen molar-refractivity contribution in [1.82, 2.24) is 0 Å². The Morgan fingerprint density at radius 3 is 2.62 bits per heavy atom. The zero-order chi connectivity index (χ0) is 9.26. The first kappa shape index (κ1) is 7.58. The van der Waals surface area contributed by atoms with Gasteiger partial charge in [-0.05, 0) is 17.2 Å². The van der Waals surface area contributed by atoms with E-state index in [4.69, 9.17) is 10.5 Å². The molecule has 2 heteroatoms. The largest absolute Gasteiger partial charge is 0.197 e. The summed E-state index contributed by atoms with van der Waals surface area (Å²) < 4.78 is 0. The van der Waals surface area contributed by atoms with Gasteiger partial charge in [-0.15, -0.1) is 0 Å². The van der Waals surface area contributed by atoms with Gasteiger partial charge in [-0.3, -0.25) is 0 Å². The Labute approximate surface area is 76.3 Å². The summed E-state index contributed by atoms with van der Waals surface area (Å²) in [6, 6.07) is 11.8. The van der Waals surface area contributed by atoms with Gasteiger partial charge in [-0.1, -0.05) is 24.3 Å². The Kier molecular flexibility index (Phi) is 1.61. The summed E-state index contributed by atoms with van der Waals surface area (Å²) in [6.45, 7) is 0. The number of hydrogen-bond acceptors (Lipinski definition) is 2. The van der Waals surface area contributed by atoms with Crippen molar-refractivity contribution in [2.24, 2.45) is 0 Å². The first-order chi connectivity index (χ1) is 6.36. The van der Waals surface area contributed by atoms with Gasteiger partial charge in [0.25, 0.3) is 0 Å². The number of allylic oxidation sites excluding steroid dienone is 2. The van der Waals surface area contributed by atoms with Crippen LogP contribution in [0.2, 0.25) is 0 Å². The van der Waals surface area contributed by atoms with Crippen molar-refractivity contribution in [1.29, 1.82) is 10.5 Å². The lowest BCUT2D eigenvalue weighted by atomic mass is 10.0. The molecule has 0 radical (unpaired) electrons. The maximum Gasteiger partial charge on any atom is 0.0995 e. The molecule has 2 nitrogen and oxygen atoms in total. The monoisotopic (exact) mass is 166 g/mol. The normalized spacial score (nSPS) is 18.3. The second-order valence-corrected chi connectivity index (χ2v) is 2.89. The molecule has 0 amide bonds. The van der Waals surface area contributed by atoms with Crippen molar-refractivity contribution in [3.05, 3.63) is 41.5 Å². The third-order valence-electron chi connectivity index (χ3n) is 2.18. The van der Waals surface area contributed by atoms with Gasteiger partial charge in [-0.25, -0.2) is 0 Å². The molecule has 60 valence electrons. The fourth-order valence-corrected chi connectivity index (χ4v) is 1.56. The number of nitrogens with zero attached hydrogens (tertiary/aromatic N) is 2. The number of benzene rings is 1. The summed E-state index contributed by atoms with van der Waals surface area (Å²) in [4.78, 5) is 0. The summed E-state index contributed by atoms with van der Waals surface area (Å²) in [7, 11) is 0. The summed E-state index contributed by atoms with van der Waals surface area (Å²) >= 11 is 0. The highest BCUT2D eigenvalue weighted by Gasteiger charge is 2.21. The summed E-state index contributed by atoms with van der Waals surface area (Å²) in [5.74, 6) is -0.245. The van der Waals surface area contributed by atoms with Gasteiger partial charge in [0.2, 0.25) is 0 Å². The molecule has 0 spiro atoms. The summed E-state index contributed by atoms with van der Waals surface area (Å²) in [6.07, 6.45) is 1.71. The van der Waals surface area contributed by atoms with E-state index >= 15 is 0 Å². The number of fused-ring (bicyclic) bond motifs is 1. The van der Waals surface area contributed by atoms with Crippen LogP contribution >= 0.6 is 0 Å². The van der Waals surface area contributed by atoms with Gasteiger partial charge in [0.05, 0.1) is 23.6 Å². The molecular weight excluding hydrogens is 160 g/mol. The van der Waals surface area contributed by atoms with Gasteiger partial charge in [0.15, 0.2) is 0 Å². The van der Waals surface area contributed by atoms with E-state index in [-0.39, 0.29) is 5.92 Å². The summed E-state index contributed by atoms with van der Waals surface area (Å²) in [5.41, 5.74) is 2.46. The quantitative estimate of drug-likeness (QED) is 0.593. The molecule has 0 N–H and O–H groups in total. The fourth-order valence-electron chi connectivity index (χ4n) is 1.56. The highest BCUT2D eigenvalue weighted by Crippen LogP contribution is 2.34. The Morgan fingerprint density at radius 1 is 1.15 bits per heavy atom. The highest BCUT2D eigenvalue weighted by atomic mass is 14.3. The van der Waals surface area contributed by atoms with Crippen molar-refractivity contribution in [2.75, 3.05) is 0 Å². The lowest BCUT2D eigenvalue weighted by Crippen LogP contribution is -1.87. The van der Waals surface area contributed by atoms with Crippen LogP contribution in [0.1, 0.15) is 17.0 Å². The minimum atomic E-state index is -0.245.